The lowest BCUT2D eigenvalue weighted by Crippen LogP contribution is -2.30. The van der Waals surface area contributed by atoms with E-state index in [9.17, 15) is 4.79 Å². The fourth-order valence-corrected chi connectivity index (χ4v) is 3.96. The van der Waals surface area contributed by atoms with Crippen molar-refractivity contribution in [1.29, 1.82) is 0 Å². The summed E-state index contributed by atoms with van der Waals surface area (Å²) in [6, 6.07) is 15.5. The van der Waals surface area contributed by atoms with Crippen LogP contribution < -0.4 is 10.1 Å². The SMILES string of the molecule is Cc1nn(Cc2ccccc2Cl)c(C)c1/C=C/C(=O)N[C@@H]1CCOc2ccccc21. The minimum atomic E-state index is -0.130. The van der Waals surface area contributed by atoms with E-state index in [-0.39, 0.29) is 11.9 Å². The van der Waals surface area contributed by atoms with Gasteiger partial charge in [-0.2, -0.15) is 5.10 Å². The lowest BCUT2D eigenvalue weighted by Gasteiger charge is -2.26. The normalized spacial score (nSPS) is 15.6. The highest BCUT2D eigenvalue weighted by Crippen LogP contribution is 2.31. The number of carbonyl (C=O) groups excluding carboxylic acids is 1. The Morgan fingerprint density at radius 1 is 1.23 bits per heavy atom. The van der Waals surface area contributed by atoms with Crippen molar-refractivity contribution in [2.45, 2.75) is 32.9 Å². The molecule has 1 aliphatic rings. The Labute approximate surface area is 181 Å². The molecule has 30 heavy (non-hydrogen) atoms. The molecule has 1 aromatic heterocycles. The third kappa shape index (κ3) is 4.26. The van der Waals surface area contributed by atoms with Gasteiger partial charge in [0.25, 0.3) is 0 Å². The van der Waals surface area contributed by atoms with Crippen LogP contribution in [0.1, 0.15) is 40.5 Å². The average Bonchev–Trinajstić information content (AvgIpc) is 3.01. The zero-order chi connectivity index (χ0) is 21.1. The molecular weight excluding hydrogens is 398 g/mol. The molecule has 1 N–H and O–H groups in total. The lowest BCUT2D eigenvalue weighted by atomic mass is 10.0. The predicted octanol–water partition coefficient (Wildman–Crippen LogP) is 4.85. The molecular formula is C24H24ClN3O2. The number of carbonyl (C=O) groups is 1. The summed E-state index contributed by atoms with van der Waals surface area (Å²) in [6.45, 7) is 5.13. The first-order valence-corrected chi connectivity index (χ1v) is 10.4. The van der Waals surface area contributed by atoms with Gasteiger partial charge in [0.1, 0.15) is 5.75 Å². The van der Waals surface area contributed by atoms with Gasteiger partial charge in [-0.1, -0.05) is 48.0 Å². The number of hydrogen-bond acceptors (Lipinski definition) is 3. The number of fused-ring (bicyclic) bond motifs is 1. The van der Waals surface area contributed by atoms with Crippen molar-refractivity contribution < 1.29 is 9.53 Å². The molecule has 0 aliphatic carbocycles. The molecule has 0 radical (unpaired) electrons. The molecule has 1 atom stereocenters. The summed E-state index contributed by atoms with van der Waals surface area (Å²) in [4.78, 5) is 12.6. The summed E-state index contributed by atoms with van der Waals surface area (Å²) >= 11 is 6.29. The van der Waals surface area contributed by atoms with Crippen molar-refractivity contribution in [2.24, 2.45) is 0 Å². The topological polar surface area (TPSA) is 56.2 Å². The summed E-state index contributed by atoms with van der Waals surface area (Å²) in [5, 5.41) is 8.44. The highest BCUT2D eigenvalue weighted by atomic mass is 35.5. The summed E-state index contributed by atoms with van der Waals surface area (Å²) in [5.41, 5.74) is 4.85. The molecule has 6 heteroatoms. The molecule has 5 nitrogen and oxygen atoms in total. The Morgan fingerprint density at radius 2 is 2.00 bits per heavy atom. The van der Waals surface area contributed by atoms with Crippen molar-refractivity contribution in [1.82, 2.24) is 15.1 Å². The number of para-hydroxylation sites is 1. The van der Waals surface area contributed by atoms with E-state index in [1.54, 1.807) is 6.08 Å². The van der Waals surface area contributed by atoms with Crippen LogP contribution >= 0.6 is 11.6 Å². The van der Waals surface area contributed by atoms with E-state index < -0.39 is 0 Å². The minimum Gasteiger partial charge on any atom is -0.493 e. The number of nitrogens with zero attached hydrogens (tertiary/aromatic N) is 2. The van der Waals surface area contributed by atoms with E-state index in [0.717, 1.165) is 45.3 Å². The van der Waals surface area contributed by atoms with Crippen molar-refractivity contribution in [3.8, 4) is 5.75 Å². The largest absolute Gasteiger partial charge is 0.493 e. The number of halogens is 1. The molecule has 0 saturated carbocycles. The average molecular weight is 422 g/mol. The highest BCUT2D eigenvalue weighted by molar-refractivity contribution is 6.31. The van der Waals surface area contributed by atoms with E-state index in [4.69, 9.17) is 16.3 Å². The second kappa shape index (κ2) is 8.76. The number of aryl methyl sites for hydroxylation is 1. The molecule has 3 aromatic rings. The molecule has 0 bridgehead atoms. The number of rotatable bonds is 5. The Morgan fingerprint density at radius 3 is 2.83 bits per heavy atom. The Balaban J connectivity index is 1.47. The molecule has 4 rings (SSSR count). The third-order valence-corrected chi connectivity index (χ3v) is 5.76. The molecule has 2 heterocycles. The molecule has 1 amide bonds. The van der Waals surface area contributed by atoms with Crippen LogP contribution in [-0.4, -0.2) is 22.3 Å². The zero-order valence-corrected chi connectivity index (χ0v) is 17.8. The zero-order valence-electron chi connectivity index (χ0n) is 17.1. The fraction of sp³-hybridized carbons (Fsp3) is 0.250. The molecule has 0 saturated heterocycles. The summed E-state index contributed by atoms with van der Waals surface area (Å²) in [6.07, 6.45) is 4.17. The van der Waals surface area contributed by atoms with Gasteiger partial charge in [0.05, 0.1) is 24.9 Å². The molecule has 1 aliphatic heterocycles. The van der Waals surface area contributed by atoms with Crippen molar-refractivity contribution in [3.63, 3.8) is 0 Å². The van der Waals surface area contributed by atoms with Gasteiger partial charge in [-0.05, 0) is 37.6 Å². The maximum absolute atomic E-state index is 12.6. The van der Waals surface area contributed by atoms with Crippen LogP contribution in [-0.2, 0) is 11.3 Å². The second-order valence-corrected chi connectivity index (χ2v) is 7.81. The maximum atomic E-state index is 12.6. The maximum Gasteiger partial charge on any atom is 0.244 e. The van der Waals surface area contributed by atoms with Crippen LogP contribution in [0.4, 0.5) is 0 Å². The van der Waals surface area contributed by atoms with Gasteiger partial charge in [0, 0.05) is 34.3 Å². The standard InChI is InChI=1S/C24H24ClN3O2/c1-16-19(17(2)28(27-16)15-18-7-3-5-9-21(18)25)11-12-24(29)26-22-13-14-30-23-10-6-4-8-20(22)23/h3-12,22H,13-15H2,1-2H3,(H,26,29)/b12-11+/t22-/m1/s1. The first-order chi connectivity index (χ1) is 14.5. The number of benzene rings is 2. The predicted molar refractivity (Wildman–Crippen MR) is 119 cm³/mol. The number of ether oxygens (including phenoxy) is 1. The van der Waals surface area contributed by atoms with Crippen LogP contribution in [0.2, 0.25) is 5.02 Å². The van der Waals surface area contributed by atoms with Crippen LogP contribution in [0.15, 0.2) is 54.6 Å². The monoisotopic (exact) mass is 421 g/mol. The van der Waals surface area contributed by atoms with Gasteiger partial charge in [0.15, 0.2) is 0 Å². The van der Waals surface area contributed by atoms with E-state index in [1.807, 2.05) is 73.1 Å². The van der Waals surface area contributed by atoms with Crippen LogP contribution in [0.3, 0.4) is 0 Å². The molecule has 0 spiro atoms. The number of amides is 1. The van der Waals surface area contributed by atoms with Crippen LogP contribution in [0.25, 0.3) is 6.08 Å². The highest BCUT2D eigenvalue weighted by Gasteiger charge is 2.22. The van der Waals surface area contributed by atoms with Gasteiger partial charge in [-0.15, -0.1) is 0 Å². The third-order valence-electron chi connectivity index (χ3n) is 5.39. The smallest absolute Gasteiger partial charge is 0.244 e. The first-order valence-electron chi connectivity index (χ1n) is 10.0. The first kappa shape index (κ1) is 20.2. The second-order valence-electron chi connectivity index (χ2n) is 7.40. The van der Waals surface area contributed by atoms with E-state index in [2.05, 4.69) is 10.4 Å². The van der Waals surface area contributed by atoms with E-state index in [0.29, 0.717) is 13.2 Å². The minimum absolute atomic E-state index is 0.0442. The van der Waals surface area contributed by atoms with Gasteiger partial charge in [-0.25, -0.2) is 0 Å². The Bertz CT molecular complexity index is 1100. The number of aromatic nitrogens is 2. The van der Waals surface area contributed by atoms with E-state index >= 15 is 0 Å². The Hall–Kier alpha value is -3.05. The van der Waals surface area contributed by atoms with Gasteiger partial charge >= 0.3 is 0 Å². The number of hydrogen-bond donors (Lipinski definition) is 1. The van der Waals surface area contributed by atoms with Crippen molar-refractivity contribution in [2.75, 3.05) is 6.61 Å². The van der Waals surface area contributed by atoms with Gasteiger partial charge in [-0.3, -0.25) is 9.48 Å². The lowest BCUT2D eigenvalue weighted by molar-refractivity contribution is -0.117. The Kier molecular flexibility index (Phi) is 5.91. The van der Waals surface area contributed by atoms with Crippen molar-refractivity contribution >= 4 is 23.6 Å². The molecule has 2 aromatic carbocycles. The summed E-state index contributed by atoms with van der Waals surface area (Å²) in [5.74, 6) is 0.708. The number of nitrogens with one attached hydrogen (secondary N) is 1. The van der Waals surface area contributed by atoms with Gasteiger partial charge in [0.2, 0.25) is 5.91 Å². The van der Waals surface area contributed by atoms with Crippen LogP contribution in [0.5, 0.6) is 5.75 Å². The summed E-state index contributed by atoms with van der Waals surface area (Å²) < 4.78 is 7.59. The quantitative estimate of drug-likeness (QED) is 0.599. The molecule has 0 fully saturated rings. The van der Waals surface area contributed by atoms with Crippen molar-refractivity contribution in [3.05, 3.63) is 87.7 Å². The fourth-order valence-electron chi connectivity index (χ4n) is 3.76. The molecule has 0 unspecified atom stereocenters. The van der Waals surface area contributed by atoms with E-state index in [1.165, 1.54) is 0 Å². The van der Waals surface area contributed by atoms with Gasteiger partial charge < -0.3 is 10.1 Å². The van der Waals surface area contributed by atoms with Crippen LogP contribution in [0, 0.1) is 13.8 Å². The molecule has 154 valence electrons. The summed E-state index contributed by atoms with van der Waals surface area (Å²) in [7, 11) is 0.